The molecule has 8 nitrogen and oxygen atoms in total. The van der Waals surface area contributed by atoms with Crippen molar-refractivity contribution in [3.05, 3.63) is 147 Å². The predicted molar refractivity (Wildman–Crippen MR) is 231 cm³/mol. The summed E-state index contributed by atoms with van der Waals surface area (Å²) in [6.07, 6.45) is 10.3. The zero-order chi connectivity index (χ0) is 41.6. The zero-order valence-electron chi connectivity index (χ0n) is 34.8. The van der Waals surface area contributed by atoms with Gasteiger partial charge in [0.2, 0.25) is 0 Å². The molecule has 5 rings (SSSR count). The minimum atomic E-state index is -0.482. The van der Waals surface area contributed by atoms with Gasteiger partial charge in [-0.25, -0.2) is 8.78 Å². The van der Waals surface area contributed by atoms with Crippen molar-refractivity contribution in [1.82, 2.24) is 0 Å². The zero-order valence-corrected chi connectivity index (χ0v) is 48.5. The number of hydrogen-bond acceptors (Lipinski definition) is 8. The van der Waals surface area contributed by atoms with E-state index >= 15 is 0 Å². The molecule has 0 aliphatic carbocycles. The number of halogens is 3. The maximum atomic E-state index is 12.0. The van der Waals surface area contributed by atoms with Gasteiger partial charge in [0.05, 0.1) is 0 Å². The van der Waals surface area contributed by atoms with Gasteiger partial charge in [-0.05, 0) is 144 Å². The van der Waals surface area contributed by atoms with Gasteiger partial charge in [-0.1, -0.05) is 23.7 Å². The third-order valence-electron chi connectivity index (χ3n) is 6.76. The van der Waals surface area contributed by atoms with Crippen LogP contribution in [0.1, 0.15) is 23.7 Å². The molecule has 0 heterocycles. The molecule has 0 unspecified atom stereocenters. The van der Waals surface area contributed by atoms with Crippen molar-refractivity contribution in [2.24, 2.45) is 0 Å². The molecule has 0 saturated carbocycles. The first-order valence-corrected chi connectivity index (χ1v) is 17.9. The monoisotopic (exact) mass is 1140 g/mol. The van der Waals surface area contributed by atoms with Gasteiger partial charge in [0.25, 0.3) is 6.47 Å². The minimum absolute atomic E-state index is 0. The van der Waals surface area contributed by atoms with Crippen molar-refractivity contribution >= 4 is 46.1 Å². The molecule has 13 heteroatoms. The molecule has 0 aliphatic rings. The first kappa shape index (κ1) is 58.0. The van der Waals surface area contributed by atoms with Gasteiger partial charge in [0, 0.05) is 71.1 Å². The number of nitrogens with zero attached hydrogens (tertiary/aromatic N) is 2. The van der Waals surface area contributed by atoms with E-state index in [2.05, 4.69) is 51.2 Å². The summed E-state index contributed by atoms with van der Waals surface area (Å²) in [4.78, 5) is 15.3. The Balaban J connectivity index is -0.000000712. The number of hydrogen-bond donors (Lipinski definition) is 1. The van der Waals surface area contributed by atoms with Crippen molar-refractivity contribution in [2.45, 2.75) is 0 Å². The third kappa shape index (κ3) is 27.6. The Morgan fingerprint density at radius 3 is 1.26 bits per heavy atom. The number of anilines is 3. The quantitative estimate of drug-likeness (QED) is 0.0596. The number of ether oxygens (including phenoxy) is 2. The second-order valence-electron chi connectivity index (χ2n) is 11.3. The molecular formula is C45H46Cs2F2IN3O5. The van der Waals surface area contributed by atoms with Crippen molar-refractivity contribution in [3.63, 3.8) is 0 Å². The Labute approximate surface area is 475 Å². The summed E-state index contributed by atoms with van der Waals surface area (Å²) in [5.41, 5.74) is 12.1. The van der Waals surface area contributed by atoms with Crippen LogP contribution in [0.25, 0.3) is 0 Å². The summed E-state index contributed by atoms with van der Waals surface area (Å²) in [5, 5.41) is 8.43. The average molecular weight is 1140 g/mol. The Bertz CT molecular complexity index is 1970. The van der Waals surface area contributed by atoms with Gasteiger partial charge in [-0.3, -0.25) is 4.79 Å². The second-order valence-corrected chi connectivity index (χ2v) is 12.5. The van der Waals surface area contributed by atoms with Crippen molar-refractivity contribution < 1.29 is 172 Å². The number of terminal acetylenes is 2. The molecule has 294 valence electrons. The standard InChI is InChI=1S/C18H18FNO.C10H11N.C8H8FIO.C8H7N.CH2O3.2Cs.H/c1-20(2)17-9-5-15(6-10-17)3-4-16-7-11-18(12-8-16)21-14-13-19;1-4-9-5-7-10(8-6-9)11(2)3;9-5-6-11-8-3-1-7(10)2-4-8;1-2-7-3-5-8(9)6-4-7;2-1-4-3;;;/h5-12H,13-14H2,1-2H3;1,5-8H,2-3H3;1-4H,5-6H2;1,3-6H,9H2;1,3H;;;/q;;;;;2*+1;-1/p-1. The number of carbonyl (C=O) groups is 1. The normalized spacial score (nSPS) is 8.66. The fraction of sp³-hybridized carbons (Fsp3) is 0.178. The van der Waals surface area contributed by atoms with E-state index in [1.165, 1.54) is 5.69 Å². The molecule has 0 aliphatic heterocycles. The molecular weight excluding hydrogens is 1090 g/mol. The van der Waals surface area contributed by atoms with E-state index in [1.54, 1.807) is 24.3 Å². The maximum absolute atomic E-state index is 12.0. The summed E-state index contributed by atoms with van der Waals surface area (Å²) in [6, 6.07) is 38.0. The van der Waals surface area contributed by atoms with Crippen LogP contribution >= 0.6 is 22.6 Å². The van der Waals surface area contributed by atoms with E-state index in [-0.39, 0.29) is 159 Å². The molecule has 0 spiro atoms. The summed E-state index contributed by atoms with van der Waals surface area (Å²) < 4.78 is 35.0. The summed E-state index contributed by atoms with van der Waals surface area (Å²) in [6.45, 7) is -0.875. The van der Waals surface area contributed by atoms with Gasteiger partial charge in [-0.2, -0.15) is 0 Å². The van der Waals surface area contributed by atoms with Crippen LogP contribution in [0.5, 0.6) is 11.5 Å². The molecule has 0 atom stereocenters. The third-order valence-corrected chi connectivity index (χ3v) is 7.48. The molecule has 0 saturated heterocycles. The van der Waals surface area contributed by atoms with E-state index in [1.807, 2.05) is 135 Å². The maximum Gasteiger partial charge on any atom is 1.00 e. The van der Waals surface area contributed by atoms with Crippen LogP contribution in [0.15, 0.2) is 121 Å². The topological polar surface area (TPSA) is 100 Å². The second kappa shape index (κ2) is 36.7. The first-order chi connectivity index (χ1) is 27.0. The van der Waals surface area contributed by atoms with Crippen molar-refractivity contribution in [2.75, 3.05) is 70.3 Å². The van der Waals surface area contributed by atoms with Crippen LogP contribution < -0.4 is 168 Å². The molecule has 5 aromatic rings. The van der Waals surface area contributed by atoms with E-state index < -0.39 is 13.3 Å². The fourth-order valence-electron chi connectivity index (χ4n) is 3.90. The fourth-order valence-corrected chi connectivity index (χ4v) is 4.26. The number of rotatable bonds is 9. The van der Waals surface area contributed by atoms with Gasteiger partial charge in [0.1, 0.15) is 38.1 Å². The van der Waals surface area contributed by atoms with Crippen LogP contribution in [0, 0.1) is 40.1 Å². The Kier molecular flexibility index (Phi) is 36.7. The summed E-state index contributed by atoms with van der Waals surface area (Å²) in [5.74, 6) is 12.7. The Morgan fingerprint density at radius 1 is 0.638 bits per heavy atom. The van der Waals surface area contributed by atoms with Crippen LogP contribution in [0.4, 0.5) is 25.8 Å². The Morgan fingerprint density at radius 2 is 0.948 bits per heavy atom. The summed E-state index contributed by atoms with van der Waals surface area (Å²) >= 11 is 2.20. The molecule has 0 fully saturated rings. The van der Waals surface area contributed by atoms with E-state index in [9.17, 15) is 8.78 Å². The van der Waals surface area contributed by atoms with Gasteiger partial charge in [0.15, 0.2) is 0 Å². The molecule has 5 aromatic carbocycles. The number of benzene rings is 5. The number of nitrogens with two attached hydrogens (primary N) is 1. The van der Waals surface area contributed by atoms with Crippen molar-refractivity contribution in [1.29, 1.82) is 0 Å². The molecule has 2 N–H and O–H groups in total. The van der Waals surface area contributed by atoms with E-state index in [4.69, 9.17) is 38.1 Å². The van der Waals surface area contributed by atoms with Gasteiger partial charge >= 0.3 is 138 Å². The van der Waals surface area contributed by atoms with Crippen LogP contribution in [-0.4, -0.2) is 61.2 Å². The molecule has 0 amide bonds. The van der Waals surface area contributed by atoms with Crippen LogP contribution in [0.3, 0.4) is 0 Å². The predicted octanol–water partition coefficient (Wildman–Crippen LogP) is 1.68. The van der Waals surface area contributed by atoms with Gasteiger partial charge in [-0.15, -0.1) is 12.8 Å². The number of alkyl halides is 2. The largest absolute Gasteiger partial charge is 1.00 e. The first-order valence-electron chi connectivity index (χ1n) is 16.8. The average Bonchev–Trinajstić information content (AvgIpc) is 3.23. The molecule has 58 heavy (non-hydrogen) atoms. The van der Waals surface area contributed by atoms with Crippen LogP contribution in [0.2, 0.25) is 0 Å². The SMILES string of the molecule is C#Cc1ccc(N(C)C)cc1.C#Cc1ccc(N)cc1.CN(C)c1ccc(C#Cc2ccc(OCCF)cc2)cc1.FCCOc1ccc(I)cc1.O=CO[O-].[Cs+].[Cs+].[H-]. The molecule has 0 bridgehead atoms. The Hall–Kier alpha value is -2.10. The smallest absolute Gasteiger partial charge is 1.00 e. The van der Waals surface area contributed by atoms with Gasteiger partial charge < -0.3 is 36.6 Å². The van der Waals surface area contributed by atoms with Crippen LogP contribution in [-0.2, 0) is 9.68 Å². The van der Waals surface area contributed by atoms with E-state index in [0.29, 0.717) is 5.75 Å². The number of nitrogen functional groups attached to an aromatic ring is 1. The van der Waals surface area contributed by atoms with Crippen molar-refractivity contribution in [3.8, 4) is 48.0 Å². The molecule has 0 radical (unpaired) electrons. The molecule has 0 aromatic heterocycles. The number of carbonyl (C=O) groups excluding carboxylic acids is 1. The van der Waals surface area contributed by atoms with E-state index in [0.717, 1.165) is 42.9 Å². The summed E-state index contributed by atoms with van der Waals surface area (Å²) in [7, 11) is 8.02. The minimum Gasteiger partial charge on any atom is -1.00 e.